The van der Waals surface area contributed by atoms with Crippen LogP contribution in [0.5, 0.6) is 5.75 Å². The molecule has 1 aromatic heterocycles. The molecule has 0 aliphatic rings. The first kappa shape index (κ1) is 16.7. The molecule has 0 spiro atoms. The fourth-order valence-corrected chi connectivity index (χ4v) is 2.61. The molecule has 0 unspecified atom stereocenters. The van der Waals surface area contributed by atoms with Crippen LogP contribution in [-0.2, 0) is 11.3 Å². The monoisotopic (exact) mass is 337 g/mol. The molecule has 6 nitrogen and oxygen atoms in total. The van der Waals surface area contributed by atoms with Crippen LogP contribution in [0.25, 0.3) is 10.9 Å². The van der Waals surface area contributed by atoms with Gasteiger partial charge in [-0.3, -0.25) is 14.3 Å². The number of anilines is 1. The number of hydrogen-bond donors (Lipinski definition) is 1. The van der Waals surface area contributed by atoms with Crippen molar-refractivity contribution in [1.82, 2.24) is 9.78 Å². The molecule has 3 aromatic rings. The first-order valence-electron chi connectivity index (χ1n) is 8.15. The lowest BCUT2D eigenvalue weighted by Gasteiger charge is -2.12. The maximum absolute atomic E-state index is 12.3. The lowest BCUT2D eigenvalue weighted by atomic mass is 10.2. The molecule has 1 heterocycles. The summed E-state index contributed by atoms with van der Waals surface area (Å²) in [5.74, 6) is 0.502. The van der Waals surface area contributed by atoms with Crippen LogP contribution in [0.1, 0.15) is 13.3 Å². The summed E-state index contributed by atoms with van der Waals surface area (Å²) in [7, 11) is 0. The number of nitrogens with one attached hydrogen (secondary N) is 1. The predicted octanol–water partition coefficient (Wildman–Crippen LogP) is 2.82. The molecule has 0 bridgehead atoms. The smallest absolute Gasteiger partial charge is 0.226 e. The summed E-state index contributed by atoms with van der Waals surface area (Å²) in [6, 6.07) is 14.6. The van der Waals surface area contributed by atoms with Crippen LogP contribution in [0.3, 0.4) is 0 Å². The highest BCUT2D eigenvalue weighted by atomic mass is 16.5. The maximum atomic E-state index is 12.3. The third-order valence-electron chi connectivity index (χ3n) is 3.77. The molecule has 0 radical (unpaired) electrons. The Kier molecular flexibility index (Phi) is 5.09. The number of carbonyl (C=O) groups excluding carboxylic acids is 1. The molecule has 0 aliphatic carbocycles. The van der Waals surface area contributed by atoms with E-state index in [0.717, 1.165) is 5.52 Å². The molecule has 3 rings (SSSR count). The van der Waals surface area contributed by atoms with Crippen LogP contribution in [0.15, 0.2) is 59.5 Å². The van der Waals surface area contributed by atoms with Gasteiger partial charge in [0.25, 0.3) is 0 Å². The second-order valence-electron chi connectivity index (χ2n) is 5.48. The van der Waals surface area contributed by atoms with Crippen molar-refractivity contribution < 1.29 is 9.53 Å². The van der Waals surface area contributed by atoms with Crippen molar-refractivity contribution in [2.75, 3.05) is 11.9 Å². The molecular weight excluding hydrogens is 318 g/mol. The summed E-state index contributed by atoms with van der Waals surface area (Å²) in [5.41, 5.74) is 1.24. The van der Waals surface area contributed by atoms with Gasteiger partial charge in [0, 0.05) is 11.8 Å². The highest BCUT2D eigenvalue weighted by Crippen LogP contribution is 2.23. The van der Waals surface area contributed by atoms with Crippen molar-refractivity contribution in [1.29, 1.82) is 0 Å². The number of amides is 1. The Balaban J connectivity index is 1.71. The third kappa shape index (κ3) is 3.85. The van der Waals surface area contributed by atoms with Crippen molar-refractivity contribution >= 4 is 22.5 Å². The summed E-state index contributed by atoms with van der Waals surface area (Å²) in [5, 5.41) is 7.59. The van der Waals surface area contributed by atoms with E-state index in [-0.39, 0.29) is 17.8 Å². The van der Waals surface area contributed by atoms with Crippen LogP contribution in [0.2, 0.25) is 0 Å². The molecule has 1 N–H and O–H groups in total. The van der Waals surface area contributed by atoms with Gasteiger partial charge in [-0.2, -0.15) is 5.10 Å². The quantitative estimate of drug-likeness (QED) is 0.751. The van der Waals surface area contributed by atoms with E-state index in [2.05, 4.69) is 10.4 Å². The molecule has 0 fully saturated rings. The van der Waals surface area contributed by atoms with Crippen molar-refractivity contribution in [2.45, 2.75) is 19.9 Å². The number of nitrogens with zero attached hydrogens (tertiary/aromatic N) is 2. The van der Waals surface area contributed by atoms with Gasteiger partial charge in [0.15, 0.2) is 0 Å². The molecule has 25 heavy (non-hydrogen) atoms. The fourth-order valence-electron chi connectivity index (χ4n) is 2.61. The molecule has 1 amide bonds. The van der Waals surface area contributed by atoms with E-state index in [0.29, 0.717) is 30.0 Å². The minimum absolute atomic E-state index is 0.123. The average Bonchev–Trinajstić information content (AvgIpc) is 2.63. The van der Waals surface area contributed by atoms with Gasteiger partial charge >= 0.3 is 0 Å². The van der Waals surface area contributed by atoms with Crippen LogP contribution in [-0.4, -0.2) is 22.3 Å². The molecule has 6 heteroatoms. The molecular formula is C19H19N3O3. The zero-order chi connectivity index (χ0) is 17.6. The largest absolute Gasteiger partial charge is 0.492 e. The Labute approximate surface area is 145 Å². The van der Waals surface area contributed by atoms with E-state index >= 15 is 0 Å². The second-order valence-corrected chi connectivity index (χ2v) is 5.48. The van der Waals surface area contributed by atoms with Gasteiger partial charge in [0.1, 0.15) is 5.75 Å². The number of rotatable bonds is 6. The normalized spacial score (nSPS) is 10.6. The number of aromatic nitrogens is 2. The zero-order valence-electron chi connectivity index (χ0n) is 13.9. The minimum Gasteiger partial charge on any atom is -0.492 e. The number of aryl methyl sites for hydroxylation is 1. The number of ether oxygens (including phenoxy) is 1. The Morgan fingerprint density at radius 2 is 1.92 bits per heavy atom. The topological polar surface area (TPSA) is 73.2 Å². The van der Waals surface area contributed by atoms with Gasteiger partial charge < -0.3 is 10.1 Å². The summed E-state index contributed by atoms with van der Waals surface area (Å²) in [6.45, 7) is 2.80. The van der Waals surface area contributed by atoms with Crippen LogP contribution in [0, 0.1) is 0 Å². The van der Waals surface area contributed by atoms with Gasteiger partial charge in [-0.25, -0.2) is 0 Å². The number of carbonyl (C=O) groups is 1. The standard InChI is InChI=1S/C19H19N3O3/c1-2-25-18-10-6-4-8-15(18)21-19(24)11-12-22-16-9-5-3-7-14(16)17(23)13-20-22/h3-10,13H,2,11-12H2,1H3,(H,21,24). The van der Waals surface area contributed by atoms with Gasteiger partial charge in [-0.05, 0) is 31.2 Å². The average molecular weight is 337 g/mol. The van der Waals surface area contributed by atoms with E-state index in [4.69, 9.17) is 4.74 Å². The first-order valence-corrected chi connectivity index (χ1v) is 8.15. The molecule has 0 saturated heterocycles. The highest BCUT2D eigenvalue weighted by Gasteiger charge is 2.09. The number of para-hydroxylation sites is 3. The van der Waals surface area contributed by atoms with Crippen molar-refractivity contribution in [3.05, 3.63) is 65.0 Å². The summed E-state index contributed by atoms with van der Waals surface area (Å²) in [4.78, 5) is 24.1. The van der Waals surface area contributed by atoms with Crippen molar-refractivity contribution in [3.63, 3.8) is 0 Å². The third-order valence-corrected chi connectivity index (χ3v) is 3.77. The molecule has 0 saturated carbocycles. The van der Waals surface area contributed by atoms with Crippen LogP contribution < -0.4 is 15.5 Å². The van der Waals surface area contributed by atoms with Crippen molar-refractivity contribution in [3.8, 4) is 5.75 Å². The second kappa shape index (κ2) is 7.61. The Hall–Kier alpha value is -3.15. The number of fused-ring (bicyclic) bond motifs is 1. The van der Waals surface area contributed by atoms with Crippen LogP contribution in [0.4, 0.5) is 5.69 Å². The Morgan fingerprint density at radius 3 is 2.76 bits per heavy atom. The van der Waals surface area contributed by atoms with E-state index in [1.165, 1.54) is 6.20 Å². The van der Waals surface area contributed by atoms with Crippen molar-refractivity contribution in [2.24, 2.45) is 0 Å². The summed E-state index contributed by atoms with van der Waals surface area (Å²) < 4.78 is 7.18. The number of benzene rings is 2. The summed E-state index contributed by atoms with van der Waals surface area (Å²) in [6.07, 6.45) is 1.52. The molecule has 0 aliphatic heterocycles. The van der Waals surface area contributed by atoms with Gasteiger partial charge in [0.2, 0.25) is 11.3 Å². The SMILES string of the molecule is CCOc1ccccc1NC(=O)CCn1ncc(=O)c2ccccc21. The fraction of sp³-hybridized carbons (Fsp3) is 0.211. The summed E-state index contributed by atoms with van der Waals surface area (Å²) >= 11 is 0. The van der Waals surface area contributed by atoms with Crippen LogP contribution >= 0.6 is 0 Å². The highest BCUT2D eigenvalue weighted by molar-refractivity contribution is 5.92. The number of hydrogen-bond acceptors (Lipinski definition) is 4. The van der Waals surface area contributed by atoms with Gasteiger partial charge in [0.05, 0.1) is 30.6 Å². The van der Waals surface area contributed by atoms with E-state index in [9.17, 15) is 9.59 Å². The lowest BCUT2D eigenvalue weighted by molar-refractivity contribution is -0.116. The molecule has 128 valence electrons. The Morgan fingerprint density at radius 1 is 1.16 bits per heavy atom. The maximum Gasteiger partial charge on any atom is 0.226 e. The Bertz CT molecular complexity index is 950. The van der Waals surface area contributed by atoms with Gasteiger partial charge in [-0.1, -0.05) is 24.3 Å². The van der Waals surface area contributed by atoms with E-state index in [1.807, 2.05) is 43.3 Å². The lowest BCUT2D eigenvalue weighted by Crippen LogP contribution is -2.18. The minimum atomic E-state index is -0.142. The zero-order valence-corrected chi connectivity index (χ0v) is 13.9. The molecule has 2 aromatic carbocycles. The van der Waals surface area contributed by atoms with E-state index in [1.54, 1.807) is 16.8 Å². The predicted molar refractivity (Wildman–Crippen MR) is 96.9 cm³/mol. The van der Waals surface area contributed by atoms with Gasteiger partial charge in [-0.15, -0.1) is 0 Å². The first-order chi connectivity index (χ1) is 12.2. The molecule has 0 atom stereocenters. The van der Waals surface area contributed by atoms with E-state index < -0.39 is 0 Å².